The first-order valence-corrected chi connectivity index (χ1v) is 4.24. The molecule has 1 rings (SSSR count). The molecule has 0 aliphatic heterocycles. The SMILES string of the molecule is C=C(NC(C)=O)c1ccc(OC)cc1. The predicted octanol–water partition coefficient (Wildman–Crippen LogP) is 1.80. The fourth-order valence-corrected chi connectivity index (χ4v) is 1.08. The minimum atomic E-state index is -0.120. The molecule has 0 radical (unpaired) electrons. The zero-order valence-electron chi connectivity index (χ0n) is 8.33. The summed E-state index contributed by atoms with van der Waals surface area (Å²) in [5.41, 5.74) is 1.47. The van der Waals surface area contributed by atoms with Crippen LogP contribution >= 0.6 is 0 Å². The summed E-state index contributed by atoms with van der Waals surface area (Å²) in [6, 6.07) is 7.33. The zero-order valence-corrected chi connectivity index (χ0v) is 8.33. The molecule has 74 valence electrons. The van der Waals surface area contributed by atoms with Crippen molar-refractivity contribution >= 4 is 11.6 Å². The van der Waals surface area contributed by atoms with E-state index >= 15 is 0 Å². The van der Waals surface area contributed by atoms with Crippen LogP contribution in [0.15, 0.2) is 30.8 Å². The summed E-state index contributed by atoms with van der Waals surface area (Å²) in [4.78, 5) is 10.8. The van der Waals surface area contributed by atoms with E-state index in [0.29, 0.717) is 5.70 Å². The van der Waals surface area contributed by atoms with Gasteiger partial charge in [0, 0.05) is 12.6 Å². The minimum absolute atomic E-state index is 0.120. The molecule has 0 saturated carbocycles. The summed E-state index contributed by atoms with van der Waals surface area (Å²) in [5, 5.41) is 2.62. The molecular formula is C11H13NO2. The Labute approximate surface area is 83.4 Å². The molecule has 1 aromatic carbocycles. The number of benzene rings is 1. The fraction of sp³-hybridized carbons (Fsp3) is 0.182. The second-order valence-electron chi connectivity index (χ2n) is 2.89. The van der Waals surface area contributed by atoms with E-state index in [0.717, 1.165) is 11.3 Å². The van der Waals surface area contributed by atoms with E-state index in [9.17, 15) is 4.79 Å². The summed E-state index contributed by atoms with van der Waals surface area (Å²) in [6.45, 7) is 5.20. The minimum Gasteiger partial charge on any atom is -0.497 e. The smallest absolute Gasteiger partial charge is 0.221 e. The van der Waals surface area contributed by atoms with Crippen LogP contribution in [-0.4, -0.2) is 13.0 Å². The summed E-state index contributed by atoms with van der Waals surface area (Å²) in [7, 11) is 1.61. The second kappa shape index (κ2) is 4.46. The lowest BCUT2D eigenvalue weighted by Gasteiger charge is -2.06. The Morgan fingerprint density at radius 1 is 1.36 bits per heavy atom. The number of rotatable bonds is 3. The quantitative estimate of drug-likeness (QED) is 0.791. The number of ether oxygens (including phenoxy) is 1. The number of amides is 1. The summed E-state index contributed by atoms with van der Waals surface area (Å²) >= 11 is 0. The molecule has 3 nitrogen and oxygen atoms in total. The number of methoxy groups -OCH3 is 1. The third-order valence-corrected chi connectivity index (χ3v) is 1.77. The van der Waals surface area contributed by atoms with Crippen LogP contribution in [0.4, 0.5) is 0 Å². The van der Waals surface area contributed by atoms with Gasteiger partial charge in [-0.2, -0.15) is 0 Å². The first-order valence-electron chi connectivity index (χ1n) is 4.24. The van der Waals surface area contributed by atoms with Crippen molar-refractivity contribution < 1.29 is 9.53 Å². The van der Waals surface area contributed by atoms with Gasteiger partial charge in [-0.3, -0.25) is 4.79 Å². The topological polar surface area (TPSA) is 38.3 Å². The average molecular weight is 191 g/mol. The van der Waals surface area contributed by atoms with E-state index in [2.05, 4.69) is 11.9 Å². The average Bonchev–Trinajstić information content (AvgIpc) is 2.17. The van der Waals surface area contributed by atoms with Gasteiger partial charge in [0.2, 0.25) is 5.91 Å². The van der Waals surface area contributed by atoms with Gasteiger partial charge in [0.1, 0.15) is 5.75 Å². The van der Waals surface area contributed by atoms with Crippen LogP contribution in [-0.2, 0) is 4.79 Å². The maximum Gasteiger partial charge on any atom is 0.221 e. The Balaban J connectivity index is 2.76. The lowest BCUT2D eigenvalue weighted by Crippen LogP contribution is -2.17. The van der Waals surface area contributed by atoms with Crippen molar-refractivity contribution in [2.45, 2.75) is 6.92 Å². The van der Waals surface area contributed by atoms with E-state index in [4.69, 9.17) is 4.74 Å². The van der Waals surface area contributed by atoms with Crippen molar-refractivity contribution in [2.75, 3.05) is 7.11 Å². The highest BCUT2D eigenvalue weighted by Crippen LogP contribution is 2.15. The molecule has 0 aromatic heterocycles. The van der Waals surface area contributed by atoms with Gasteiger partial charge >= 0.3 is 0 Å². The van der Waals surface area contributed by atoms with E-state index in [1.165, 1.54) is 6.92 Å². The zero-order chi connectivity index (χ0) is 10.6. The van der Waals surface area contributed by atoms with E-state index in [1.54, 1.807) is 7.11 Å². The lowest BCUT2D eigenvalue weighted by molar-refractivity contribution is -0.117. The van der Waals surface area contributed by atoms with Gasteiger partial charge in [0.05, 0.1) is 7.11 Å². The second-order valence-corrected chi connectivity index (χ2v) is 2.89. The molecule has 0 heterocycles. The molecule has 0 fully saturated rings. The van der Waals surface area contributed by atoms with E-state index in [1.807, 2.05) is 24.3 Å². The van der Waals surface area contributed by atoms with Crippen molar-refractivity contribution in [1.82, 2.24) is 5.32 Å². The summed E-state index contributed by atoms with van der Waals surface area (Å²) in [6.07, 6.45) is 0. The number of hydrogen-bond donors (Lipinski definition) is 1. The normalized spacial score (nSPS) is 9.29. The Hall–Kier alpha value is -1.77. The Morgan fingerprint density at radius 3 is 2.36 bits per heavy atom. The van der Waals surface area contributed by atoms with Gasteiger partial charge in [0.25, 0.3) is 0 Å². The van der Waals surface area contributed by atoms with Crippen LogP contribution < -0.4 is 10.1 Å². The molecule has 0 spiro atoms. The highest BCUT2D eigenvalue weighted by Gasteiger charge is 2.00. The van der Waals surface area contributed by atoms with Crippen LogP contribution in [0.5, 0.6) is 5.75 Å². The summed E-state index contributed by atoms with van der Waals surface area (Å²) < 4.78 is 5.01. The van der Waals surface area contributed by atoms with Gasteiger partial charge < -0.3 is 10.1 Å². The maximum absolute atomic E-state index is 10.8. The molecule has 0 aliphatic carbocycles. The molecule has 0 saturated heterocycles. The molecule has 1 N–H and O–H groups in total. The van der Waals surface area contributed by atoms with Crippen molar-refractivity contribution in [2.24, 2.45) is 0 Å². The van der Waals surface area contributed by atoms with E-state index < -0.39 is 0 Å². The van der Waals surface area contributed by atoms with Gasteiger partial charge in [0.15, 0.2) is 0 Å². The van der Waals surface area contributed by atoms with Gasteiger partial charge in [-0.1, -0.05) is 6.58 Å². The first kappa shape index (κ1) is 10.3. The summed E-state index contributed by atoms with van der Waals surface area (Å²) in [5.74, 6) is 0.662. The van der Waals surface area contributed by atoms with Crippen molar-refractivity contribution in [3.8, 4) is 5.75 Å². The Morgan fingerprint density at radius 2 is 1.93 bits per heavy atom. The predicted molar refractivity (Wildman–Crippen MR) is 55.8 cm³/mol. The highest BCUT2D eigenvalue weighted by molar-refractivity contribution is 5.84. The molecule has 14 heavy (non-hydrogen) atoms. The lowest BCUT2D eigenvalue weighted by atomic mass is 10.1. The standard InChI is InChI=1S/C11H13NO2/c1-8(12-9(2)13)10-4-6-11(14-3)7-5-10/h4-7H,1H2,2-3H3,(H,12,13). The van der Waals surface area contributed by atoms with Gasteiger partial charge in [-0.05, 0) is 29.8 Å². The monoisotopic (exact) mass is 191 g/mol. The van der Waals surface area contributed by atoms with Crippen LogP contribution in [0.3, 0.4) is 0 Å². The number of carbonyl (C=O) groups excluding carboxylic acids is 1. The highest BCUT2D eigenvalue weighted by atomic mass is 16.5. The molecular weight excluding hydrogens is 178 g/mol. The van der Waals surface area contributed by atoms with Crippen LogP contribution in [0.25, 0.3) is 5.70 Å². The van der Waals surface area contributed by atoms with Crippen LogP contribution in [0.2, 0.25) is 0 Å². The maximum atomic E-state index is 10.8. The van der Waals surface area contributed by atoms with Gasteiger partial charge in [-0.25, -0.2) is 0 Å². The third-order valence-electron chi connectivity index (χ3n) is 1.77. The largest absolute Gasteiger partial charge is 0.497 e. The van der Waals surface area contributed by atoms with E-state index in [-0.39, 0.29) is 5.91 Å². The van der Waals surface area contributed by atoms with Crippen LogP contribution in [0, 0.1) is 0 Å². The number of carbonyl (C=O) groups is 1. The molecule has 0 atom stereocenters. The fourth-order valence-electron chi connectivity index (χ4n) is 1.08. The Bertz CT molecular complexity index is 341. The first-order chi connectivity index (χ1) is 6.63. The third kappa shape index (κ3) is 2.62. The molecule has 0 aliphatic rings. The van der Waals surface area contributed by atoms with Crippen molar-refractivity contribution in [3.63, 3.8) is 0 Å². The van der Waals surface area contributed by atoms with Crippen molar-refractivity contribution in [3.05, 3.63) is 36.4 Å². The number of hydrogen-bond acceptors (Lipinski definition) is 2. The van der Waals surface area contributed by atoms with Crippen LogP contribution in [0.1, 0.15) is 12.5 Å². The van der Waals surface area contributed by atoms with Crippen molar-refractivity contribution in [1.29, 1.82) is 0 Å². The molecule has 1 amide bonds. The molecule has 0 unspecified atom stereocenters. The molecule has 1 aromatic rings. The Kier molecular flexibility index (Phi) is 3.29. The molecule has 0 bridgehead atoms. The molecule has 3 heteroatoms. The number of nitrogens with one attached hydrogen (secondary N) is 1. The van der Waals surface area contributed by atoms with Gasteiger partial charge in [-0.15, -0.1) is 0 Å².